The highest BCUT2D eigenvalue weighted by molar-refractivity contribution is 6.09. The highest BCUT2D eigenvalue weighted by Crippen LogP contribution is 2.38. The molecule has 2 atom stereocenters. The molecule has 28 heavy (non-hydrogen) atoms. The van der Waals surface area contributed by atoms with Crippen LogP contribution in [-0.2, 0) is 19.1 Å². The fraction of sp³-hybridized carbons (Fsp3) is 0.500. The molecule has 1 aliphatic carbocycles. The van der Waals surface area contributed by atoms with Crippen molar-refractivity contribution in [1.82, 2.24) is 10.2 Å². The Morgan fingerprint density at radius 2 is 2.11 bits per heavy atom. The highest BCUT2D eigenvalue weighted by atomic mass is 16.5. The Kier molecular flexibility index (Phi) is 5.67. The van der Waals surface area contributed by atoms with Crippen molar-refractivity contribution in [2.75, 3.05) is 18.5 Å². The quantitative estimate of drug-likeness (QED) is 0.594. The molecule has 0 aromatic heterocycles. The van der Waals surface area contributed by atoms with Crippen LogP contribution in [0.4, 0.5) is 10.5 Å². The summed E-state index contributed by atoms with van der Waals surface area (Å²) in [6.45, 7) is 2.84. The molecule has 4 amide bonds. The zero-order chi connectivity index (χ0) is 20.3. The van der Waals surface area contributed by atoms with E-state index in [2.05, 4.69) is 10.6 Å². The lowest BCUT2D eigenvalue weighted by Gasteiger charge is -2.36. The van der Waals surface area contributed by atoms with Crippen LogP contribution in [0.15, 0.2) is 24.3 Å². The van der Waals surface area contributed by atoms with Crippen LogP contribution in [0.3, 0.4) is 0 Å². The third-order valence-electron chi connectivity index (χ3n) is 5.45. The molecule has 2 aliphatic rings. The van der Waals surface area contributed by atoms with Gasteiger partial charge in [0.15, 0.2) is 6.61 Å². The van der Waals surface area contributed by atoms with Gasteiger partial charge in [0.25, 0.3) is 11.8 Å². The number of benzene rings is 1. The minimum absolute atomic E-state index is 0.0128. The Morgan fingerprint density at radius 1 is 1.32 bits per heavy atom. The van der Waals surface area contributed by atoms with Crippen molar-refractivity contribution in [3.05, 3.63) is 29.8 Å². The molecule has 1 aliphatic heterocycles. The molecule has 0 bridgehead atoms. The van der Waals surface area contributed by atoms with Crippen LogP contribution in [-0.4, -0.2) is 47.4 Å². The van der Waals surface area contributed by atoms with E-state index in [9.17, 15) is 19.2 Å². The summed E-state index contributed by atoms with van der Waals surface area (Å²) >= 11 is 0. The van der Waals surface area contributed by atoms with E-state index in [0.29, 0.717) is 12.1 Å². The maximum atomic E-state index is 12.8. The molecular weight excluding hydrogens is 362 g/mol. The van der Waals surface area contributed by atoms with Crippen LogP contribution in [0.2, 0.25) is 0 Å². The number of aryl methyl sites for hydroxylation is 1. The van der Waals surface area contributed by atoms with E-state index in [-0.39, 0.29) is 11.8 Å². The molecule has 2 N–H and O–H groups in total. The largest absolute Gasteiger partial charge is 0.454 e. The van der Waals surface area contributed by atoms with Gasteiger partial charge >= 0.3 is 12.0 Å². The first-order chi connectivity index (χ1) is 13.3. The highest BCUT2D eigenvalue weighted by Gasteiger charge is 2.55. The summed E-state index contributed by atoms with van der Waals surface area (Å²) in [5, 5.41) is 5.40. The van der Waals surface area contributed by atoms with Crippen LogP contribution in [0.5, 0.6) is 0 Å². The average Bonchev–Trinajstić information content (AvgIpc) is 2.88. The number of nitrogens with zero attached hydrogens (tertiary/aromatic N) is 1. The number of esters is 1. The van der Waals surface area contributed by atoms with Gasteiger partial charge in [0.1, 0.15) is 12.1 Å². The molecule has 8 nitrogen and oxygen atoms in total. The summed E-state index contributed by atoms with van der Waals surface area (Å²) in [6, 6.07) is 6.63. The van der Waals surface area contributed by atoms with Crippen LogP contribution >= 0.6 is 0 Å². The number of nitrogens with one attached hydrogen (secondary N) is 2. The number of ether oxygens (including phenoxy) is 1. The first kappa shape index (κ1) is 19.9. The van der Waals surface area contributed by atoms with Crippen molar-refractivity contribution in [2.24, 2.45) is 5.92 Å². The van der Waals surface area contributed by atoms with Crippen molar-refractivity contribution in [2.45, 2.75) is 45.1 Å². The summed E-state index contributed by atoms with van der Waals surface area (Å²) in [6.07, 6.45) is 3.30. The molecule has 1 aromatic rings. The van der Waals surface area contributed by atoms with Gasteiger partial charge in [-0.2, -0.15) is 0 Å². The van der Waals surface area contributed by atoms with E-state index in [1.54, 1.807) is 18.2 Å². The predicted molar refractivity (Wildman–Crippen MR) is 101 cm³/mol. The summed E-state index contributed by atoms with van der Waals surface area (Å²) < 4.78 is 4.94. The fourth-order valence-corrected chi connectivity index (χ4v) is 3.88. The number of hydrogen-bond acceptors (Lipinski definition) is 5. The SMILES string of the molecule is Cc1cccc(NC(=O)COC(=O)CN2C(=O)N[C@@]3(CCCC[C@@H]3C)C2=O)c1. The molecule has 1 saturated carbocycles. The first-order valence-corrected chi connectivity index (χ1v) is 9.48. The molecule has 8 heteroatoms. The van der Waals surface area contributed by atoms with Gasteiger partial charge in [-0.15, -0.1) is 0 Å². The topological polar surface area (TPSA) is 105 Å². The van der Waals surface area contributed by atoms with Crippen LogP contribution < -0.4 is 10.6 Å². The van der Waals surface area contributed by atoms with E-state index in [1.807, 2.05) is 19.9 Å². The zero-order valence-corrected chi connectivity index (χ0v) is 16.1. The molecule has 1 spiro atoms. The second-order valence-corrected chi connectivity index (χ2v) is 7.52. The van der Waals surface area contributed by atoms with E-state index in [1.165, 1.54) is 0 Å². The lowest BCUT2D eigenvalue weighted by molar-refractivity contribution is -0.150. The molecule has 3 rings (SSSR count). The first-order valence-electron chi connectivity index (χ1n) is 9.48. The summed E-state index contributed by atoms with van der Waals surface area (Å²) in [7, 11) is 0. The van der Waals surface area contributed by atoms with Crippen molar-refractivity contribution >= 4 is 29.5 Å². The molecule has 2 fully saturated rings. The maximum absolute atomic E-state index is 12.8. The molecule has 1 saturated heterocycles. The summed E-state index contributed by atoms with van der Waals surface area (Å²) in [4.78, 5) is 50.0. The lowest BCUT2D eigenvalue weighted by atomic mass is 9.73. The summed E-state index contributed by atoms with van der Waals surface area (Å²) in [5.41, 5.74) is 0.667. The third kappa shape index (κ3) is 4.00. The molecular formula is C20H25N3O5. The Balaban J connectivity index is 1.52. The van der Waals surface area contributed by atoms with Crippen LogP contribution in [0, 0.1) is 12.8 Å². The standard InChI is InChI=1S/C20H25N3O5/c1-13-6-5-8-15(10-13)21-16(24)12-28-17(25)11-23-18(26)20(22-19(23)27)9-4-3-7-14(20)2/h5-6,8,10,14H,3-4,7,9,11-12H2,1-2H3,(H,21,24)(H,22,27)/t14-,20+/m0/s1. The maximum Gasteiger partial charge on any atom is 0.326 e. The van der Waals surface area contributed by atoms with E-state index in [0.717, 1.165) is 29.7 Å². The number of carbonyl (C=O) groups excluding carboxylic acids is 4. The minimum atomic E-state index is -0.918. The molecule has 1 aromatic carbocycles. The Bertz CT molecular complexity index is 809. The monoisotopic (exact) mass is 387 g/mol. The molecule has 0 unspecified atom stereocenters. The van der Waals surface area contributed by atoms with Gasteiger partial charge in [-0.25, -0.2) is 4.79 Å². The van der Waals surface area contributed by atoms with Crippen molar-refractivity contribution < 1.29 is 23.9 Å². The number of urea groups is 1. The molecule has 0 radical (unpaired) electrons. The number of imide groups is 1. The predicted octanol–water partition coefficient (Wildman–Crippen LogP) is 1.98. The van der Waals surface area contributed by atoms with Gasteiger partial charge in [-0.1, -0.05) is 31.9 Å². The summed E-state index contributed by atoms with van der Waals surface area (Å²) in [5.74, 6) is -1.67. The van der Waals surface area contributed by atoms with Gasteiger partial charge in [-0.3, -0.25) is 19.3 Å². The fourth-order valence-electron chi connectivity index (χ4n) is 3.88. The smallest absolute Gasteiger partial charge is 0.326 e. The number of rotatable bonds is 5. The van der Waals surface area contributed by atoms with Gasteiger partial charge in [-0.05, 0) is 43.4 Å². The van der Waals surface area contributed by atoms with Crippen LogP contribution in [0.25, 0.3) is 0 Å². The number of hydrogen-bond donors (Lipinski definition) is 2. The second kappa shape index (κ2) is 8.00. The average molecular weight is 387 g/mol. The van der Waals surface area contributed by atoms with Gasteiger partial charge < -0.3 is 15.4 Å². The second-order valence-electron chi connectivity index (χ2n) is 7.52. The minimum Gasteiger partial charge on any atom is -0.454 e. The van der Waals surface area contributed by atoms with Gasteiger partial charge in [0, 0.05) is 5.69 Å². The van der Waals surface area contributed by atoms with Crippen molar-refractivity contribution in [3.63, 3.8) is 0 Å². The van der Waals surface area contributed by atoms with Crippen molar-refractivity contribution in [3.8, 4) is 0 Å². The van der Waals surface area contributed by atoms with Gasteiger partial charge in [0.2, 0.25) is 0 Å². The molecule has 150 valence electrons. The van der Waals surface area contributed by atoms with E-state index < -0.39 is 36.6 Å². The Labute approximate surface area is 163 Å². The Hall–Kier alpha value is -2.90. The van der Waals surface area contributed by atoms with Gasteiger partial charge in [0.05, 0.1) is 0 Å². The Morgan fingerprint density at radius 3 is 2.82 bits per heavy atom. The van der Waals surface area contributed by atoms with E-state index in [4.69, 9.17) is 4.74 Å². The van der Waals surface area contributed by atoms with Crippen molar-refractivity contribution in [1.29, 1.82) is 0 Å². The third-order valence-corrected chi connectivity index (χ3v) is 5.45. The zero-order valence-electron chi connectivity index (χ0n) is 16.1. The lowest BCUT2D eigenvalue weighted by Crippen LogP contribution is -2.54. The normalized spacial score (nSPS) is 24.2. The number of anilines is 1. The number of carbonyl (C=O) groups is 4. The molecule has 1 heterocycles. The number of amides is 4. The van der Waals surface area contributed by atoms with Crippen LogP contribution in [0.1, 0.15) is 38.2 Å². The van der Waals surface area contributed by atoms with E-state index >= 15 is 0 Å².